The summed E-state index contributed by atoms with van der Waals surface area (Å²) in [7, 11) is -3.77. The Kier molecular flexibility index (Phi) is 8.94. The van der Waals surface area contributed by atoms with Gasteiger partial charge in [0.15, 0.2) is 0 Å². The highest BCUT2D eigenvalue weighted by Crippen LogP contribution is 2.57. The van der Waals surface area contributed by atoms with Gasteiger partial charge in [0, 0.05) is 24.3 Å². The molecule has 2 aromatic rings. The van der Waals surface area contributed by atoms with Gasteiger partial charge in [-0.25, -0.2) is 4.57 Å². The summed E-state index contributed by atoms with van der Waals surface area (Å²) in [5, 5.41) is 0. The molecule has 3 unspecified atom stereocenters. The number of aryl methyl sites for hydroxylation is 1. The number of hydrogen-bond acceptors (Lipinski definition) is 6. The van der Waals surface area contributed by atoms with Crippen LogP contribution in [0.5, 0.6) is 11.5 Å². The van der Waals surface area contributed by atoms with Crippen LogP contribution in [0, 0.1) is 5.92 Å². The van der Waals surface area contributed by atoms with Crippen LogP contribution in [-0.2, 0) is 31.2 Å². The van der Waals surface area contributed by atoms with Gasteiger partial charge in [0.1, 0.15) is 17.3 Å². The van der Waals surface area contributed by atoms with Crippen molar-refractivity contribution < 1.29 is 27.9 Å². The lowest BCUT2D eigenvalue weighted by molar-refractivity contribution is -0.147. The number of allylic oxidation sites excluding steroid dienone is 3. The van der Waals surface area contributed by atoms with Crippen molar-refractivity contribution in [3.05, 3.63) is 83.1 Å². The molecule has 0 saturated heterocycles. The average molecular weight is 525 g/mol. The van der Waals surface area contributed by atoms with Crippen LogP contribution in [0.25, 0.3) is 0 Å². The van der Waals surface area contributed by atoms with Crippen molar-refractivity contribution in [2.45, 2.75) is 71.4 Å². The summed E-state index contributed by atoms with van der Waals surface area (Å²) in [6, 6.07) is 13.4. The summed E-state index contributed by atoms with van der Waals surface area (Å²) in [4.78, 5) is 11.4. The van der Waals surface area contributed by atoms with Gasteiger partial charge in [0.2, 0.25) is 6.79 Å². The zero-order valence-corrected chi connectivity index (χ0v) is 22.9. The van der Waals surface area contributed by atoms with Gasteiger partial charge in [-0.3, -0.25) is 9.32 Å². The van der Waals surface area contributed by atoms with Gasteiger partial charge in [0.05, 0.1) is 6.16 Å². The molecule has 1 heterocycles. The first kappa shape index (κ1) is 27.2. The van der Waals surface area contributed by atoms with Gasteiger partial charge in [0.25, 0.3) is 0 Å². The third kappa shape index (κ3) is 6.94. The van der Waals surface area contributed by atoms with E-state index in [2.05, 4.69) is 32.6 Å². The van der Waals surface area contributed by atoms with E-state index in [0.717, 1.165) is 61.0 Å². The molecule has 1 aliphatic heterocycles. The van der Waals surface area contributed by atoms with Crippen LogP contribution < -0.4 is 9.26 Å². The number of carbonyl (C=O) groups excluding carboxylic acids is 1. The van der Waals surface area contributed by atoms with Crippen molar-refractivity contribution >= 4 is 13.6 Å². The summed E-state index contributed by atoms with van der Waals surface area (Å²) in [6.07, 6.45) is 8.35. The first-order chi connectivity index (χ1) is 17.8. The third-order valence-corrected chi connectivity index (χ3v) is 8.66. The molecular formula is C30H37O6P. The summed E-state index contributed by atoms with van der Waals surface area (Å²) in [5.41, 5.74) is 4.03. The first-order valence-corrected chi connectivity index (χ1v) is 14.8. The van der Waals surface area contributed by atoms with Gasteiger partial charge in [-0.05, 0) is 55.9 Å². The maximum atomic E-state index is 14.2. The Morgan fingerprint density at radius 2 is 1.95 bits per heavy atom. The van der Waals surface area contributed by atoms with E-state index in [1.165, 1.54) is 12.5 Å². The Hall–Kier alpha value is -2.82. The standard InChI is InChI=1S/C30H37O6P/c1-5-6-8-13-25-17-28-30(27-16-21(2)14-15-26(27)22(3)35-28)29(18-25)36-37(32,34-20-33-23(4)31)19-24-11-9-7-10-12-24/h7,9-12,16-18,26-27H,3,5-6,8,13-15,19-20H2,1-2,4H3. The maximum Gasteiger partial charge on any atom is 0.386 e. The number of rotatable bonds is 11. The van der Waals surface area contributed by atoms with Crippen LogP contribution in [-0.4, -0.2) is 12.8 Å². The molecule has 0 bridgehead atoms. The molecule has 0 radical (unpaired) electrons. The number of fused-ring (bicyclic) bond motifs is 3. The van der Waals surface area contributed by atoms with Crippen LogP contribution >= 0.6 is 7.60 Å². The number of hydrogen-bond donors (Lipinski definition) is 0. The molecule has 7 heteroatoms. The summed E-state index contributed by atoms with van der Waals surface area (Å²) >= 11 is 0. The van der Waals surface area contributed by atoms with Crippen molar-refractivity contribution in [3.63, 3.8) is 0 Å². The monoisotopic (exact) mass is 524 g/mol. The topological polar surface area (TPSA) is 71.1 Å². The van der Waals surface area contributed by atoms with Gasteiger partial charge in [-0.1, -0.05) is 68.3 Å². The van der Waals surface area contributed by atoms with E-state index in [-0.39, 0.29) is 18.0 Å². The Morgan fingerprint density at radius 3 is 2.68 bits per heavy atom. The molecule has 4 rings (SSSR count). The van der Waals surface area contributed by atoms with Crippen LogP contribution in [0.2, 0.25) is 0 Å². The minimum Gasteiger partial charge on any atom is -0.462 e. The van der Waals surface area contributed by atoms with E-state index in [4.69, 9.17) is 18.5 Å². The molecule has 0 aromatic heterocycles. The first-order valence-electron chi connectivity index (χ1n) is 13.1. The van der Waals surface area contributed by atoms with Crippen LogP contribution in [0.4, 0.5) is 0 Å². The molecule has 3 atom stereocenters. The zero-order chi connectivity index (χ0) is 26.4. The number of benzene rings is 2. The fraction of sp³-hybridized carbons (Fsp3) is 0.433. The maximum absolute atomic E-state index is 14.2. The Labute approximate surface area is 220 Å². The van der Waals surface area contributed by atoms with Crippen molar-refractivity contribution in [1.29, 1.82) is 0 Å². The minimum absolute atomic E-state index is 0.0170. The lowest BCUT2D eigenvalue weighted by Gasteiger charge is -2.38. The molecule has 2 aliphatic rings. The van der Waals surface area contributed by atoms with E-state index in [0.29, 0.717) is 11.5 Å². The van der Waals surface area contributed by atoms with Crippen LogP contribution in [0.3, 0.4) is 0 Å². The molecule has 1 aliphatic carbocycles. The van der Waals surface area contributed by atoms with Gasteiger partial charge in [-0.2, -0.15) is 0 Å². The molecule has 0 spiro atoms. The normalized spacial score (nSPS) is 20.1. The summed E-state index contributed by atoms with van der Waals surface area (Å²) < 4.78 is 37.4. The molecule has 0 fully saturated rings. The van der Waals surface area contributed by atoms with Crippen molar-refractivity contribution in [3.8, 4) is 11.5 Å². The van der Waals surface area contributed by atoms with E-state index < -0.39 is 20.4 Å². The minimum atomic E-state index is -3.77. The second-order valence-corrected chi connectivity index (χ2v) is 11.9. The highest BCUT2D eigenvalue weighted by atomic mass is 31.2. The second-order valence-electron chi connectivity index (χ2n) is 9.94. The third-order valence-electron chi connectivity index (χ3n) is 6.94. The number of unbranched alkanes of at least 4 members (excludes halogenated alkanes) is 2. The Bertz CT molecular complexity index is 1200. The molecule has 6 nitrogen and oxygen atoms in total. The smallest absolute Gasteiger partial charge is 0.386 e. The van der Waals surface area contributed by atoms with Gasteiger partial charge >= 0.3 is 13.6 Å². The number of ether oxygens (including phenoxy) is 2. The van der Waals surface area contributed by atoms with E-state index in [1.54, 1.807) is 0 Å². The molecule has 0 saturated carbocycles. The molecule has 37 heavy (non-hydrogen) atoms. The fourth-order valence-electron chi connectivity index (χ4n) is 5.05. The largest absolute Gasteiger partial charge is 0.462 e. The molecule has 198 valence electrons. The quantitative estimate of drug-likeness (QED) is 0.0973. The van der Waals surface area contributed by atoms with Crippen molar-refractivity contribution in [1.82, 2.24) is 0 Å². The lowest BCUT2D eigenvalue weighted by atomic mass is 9.74. The predicted octanol–water partition coefficient (Wildman–Crippen LogP) is 8.07. The van der Waals surface area contributed by atoms with Crippen LogP contribution in [0.15, 0.2) is 66.5 Å². The lowest BCUT2D eigenvalue weighted by Crippen LogP contribution is -2.26. The highest BCUT2D eigenvalue weighted by Gasteiger charge is 2.39. The van der Waals surface area contributed by atoms with E-state index in [1.807, 2.05) is 36.4 Å². The summed E-state index contributed by atoms with van der Waals surface area (Å²) in [5.74, 6) is 1.59. The Morgan fingerprint density at radius 1 is 1.16 bits per heavy atom. The molecule has 2 aromatic carbocycles. The van der Waals surface area contributed by atoms with Crippen molar-refractivity contribution in [2.75, 3.05) is 6.79 Å². The number of carbonyl (C=O) groups is 1. The zero-order valence-electron chi connectivity index (χ0n) is 22.0. The Balaban J connectivity index is 1.75. The average Bonchev–Trinajstić information content (AvgIpc) is 2.84. The van der Waals surface area contributed by atoms with E-state index in [9.17, 15) is 9.36 Å². The molecular weight excluding hydrogens is 487 g/mol. The van der Waals surface area contributed by atoms with Gasteiger partial charge < -0.3 is 14.0 Å². The highest BCUT2D eigenvalue weighted by molar-refractivity contribution is 7.53. The van der Waals surface area contributed by atoms with Crippen molar-refractivity contribution in [2.24, 2.45) is 5.92 Å². The molecule has 0 N–H and O–H groups in total. The SMILES string of the molecule is C=C1Oc2cc(CCCCC)cc(OP(=O)(Cc3ccccc3)OCOC(C)=O)c2C2C=C(C)CCC12. The van der Waals surface area contributed by atoms with Gasteiger partial charge in [-0.15, -0.1) is 0 Å². The fourth-order valence-corrected chi connectivity index (χ4v) is 6.58. The van der Waals surface area contributed by atoms with E-state index >= 15 is 0 Å². The van der Waals surface area contributed by atoms with Crippen LogP contribution in [0.1, 0.15) is 75.5 Å². The summed E-state index contributed by atoms with van der Waals surface area (Å²) in [6.45, 7) is 9.37. The second kappa shape index (κ2) is 12.1. The number of esters is 1. The predicted molar refractivity (Wildman–Crippen MR) is 145 cm³/mol. The molecule has 0 amide bonds.